The molecule has 0 aromatic rings. The first kappa shape index (κ1) is 24.1. The zero-order chi connectivity index (χ0) is 16.8. The van der Waals surface area contributed by atoms with Crippen LogP contribution in [0.1, 0.15) is 47.0 Å². The molecule has 1 N–H and O–H groups in total. The van der Waals surface area contributed by atoms with E-state index >= 15 is 0 Å². The number of hydrogen-bond donors (Lipinski definition) is 1. The summed E-state index contributed by atoms with van der Waals surface area (Å²) in [6.07, 6.45) is 0.285. The topological polar surface area (TPSA) is 121 Å². The van der Waals surface area contributed by atoms with E-state index in [-0.39, 0.29) is 47.5 Å². The second-order valence-electron chi connectivity index (χ2n) is 6.41. The number of carboxylic acid groups (broad SMARTS) is 1. The summed E-state index contributed by atoms with van der Waals surface area (Å²) < 4.78 is 35.5. The first-order valence-electron chi connectivity index (χ1n) is 6.65. The maximum absolute atomic E-state index is 11.5. The molecular formula is C13H23NaO7S. The van der Waals surface area contributed by atoms with E-state index in [1.807, 2.05) is 6.92 Å². The quantitative estimate of drug-likeness (QED) is 0.290. The standard InChI is InChI=1S/C13H24O7S.Na/c1-9(8-13(2,3)4)5-6-20-12(16)10(7-11(14)15)21(17,18)19;/h9-10H,5-8H2,1-4H3,(H,14,15)(H,17,18,19);/q;+1/p-1. The first-order chi connectivity index (χ1) is 9.33. The largest absolute Gasteiger partial charge is 1.00 e. The van der Waals surface area contributed by atoms with Crippen LogP contribution >= 0.6 is 0 Å². The summed E-state index contributed by atoms with van der Waals surface area (Å²) >= 11 is 0. The summed E-state index contributed by atoms with van der Waals surface area (Å²) in [4.78, 5) is 21.9. The van der Waals surface area contributed by atoms with Gasteiger partial charge in [0.15, 0.2) is 5.25 Å². The predicted molar refractivity (Wildman–Crippen MR) is 73.8 cm³/mol. The molecule has 0 aromatic heterocycles. The number of carbonyl (C=O) groups excluding carboxylic acids is 2. The summed E-state index contributed by atoms with van der Waals surface area (Å²) in [6.45, 7) is 8.16. The molecule has 0 radical (unpaired) electrons. The van der Waals surface area contributed by atoms with Crippen molar-refractivity contribution in [2.75, 3.05) is 6.61 Å². The Morgan fingerprint density at radius 2 is 1.77 bits per heavy atom. The van der Waals surface area contributed by atoms with Gasteiger partial charge in [0.1, 0.15) is 0 Å². The van der Waals surface area contributed by atoms with Crippen LogP contribution in [0.2, 0.25) is 0 Å². The van der Waals surface area contributed by atoms with Gasteiger partial charge in [-0.1, -0.05) is 27.7 Å². The average molecular weight is 346 g/mol. The zero-order valence-electron chi connectivity index (χ0n) is 13.8. The Morgan fingerprint density at radius 1 is 1.27 bits per heavy atom. The van der Waals surface area contributed by atoms with E-state index in [0.717, 1.165) is 6.42 Å². The van der Waals surface area contributed by atoms with Crippen molar-refractivity contribution in [1.82, 2.24) is 0 Å². The number of esters is 1. The van der Waals surface area contributed by atoms with E-state index < -0.39 is 33.7 Å². The number of carbonyl (C=O) groups is 2. The molecule has 0 aliphatic carbocycles. The van der Waals surface area contributed by atoms with Crippen LogP contribution < -0.4 is 34.7 Å². The Balaban J connectivity index is 0. The van der Waals surface area contributed by atoms with Crippen LogP contribution in [0.5, 0.6) is 0 Å². The number of ether oxygens (including phenoxy) is 1. The molecule has 7 nitrogen and oxygen atoms in total. The van der Waals surface area contributed by atoms with Crippen molar-refractivity contribution in [3.8, 4) is 0 Å². The van der Waals surface area contributed by atoms with Gasteiger partial charge in [-0.2, -0.15) is 8.42 Å². The van der Waals surface area contributed by atoms with Crippen LogP contribution in [0.25, 0.3) is 0 Å². The summed E-state index contributed by atoms with van der Waals surface area (Å²) in [5, 5.41) is 8.27. The van der Waals surface area contributed by atoms with E-state index in [4.69, 9.17) is 9.29 Å². The molecule has 124 valence electrons. The molecule has 0 spiro atoms. The van der Waals surface area contributed by atoms with Crippen molar-refractivity contribution in [3.05, 3.63) is 0 Å². The zero-order valence-corrected chi connectivity index (χ0v) is 16.6. The third-order valence-corrected chi connectivity index (χ3v) is 3.87. The van der Waals surface area contributed by atoms with Crippen molar-refractivity contribution >= 4 is 22.1 Å². The maximum Gasteiger partial charge on any atom is 1.00 e. The maximum atomic E-state index is 11.5. The number of aliphatic carboxylic acids is 1. The molecule has 0 fully saturated rings. The SMILES string of the molecule is CC(CCOC(=O)C(CC(=O)[O-])S(=O)(=O)O)CC(C)(C)C.[Na+]. The number of carboxylic acids is 1. The van der Waals surface area contributed by atoms with Gasteiger partial charge in [-0.15, -0.1) is 0 Å². The predicted octanol–water partition coefficient (Wildman–Crippen LogP) is -2.61. The van der Waals surface area contributed by atoms with E-state index in [9.17, 15) is 23.1 Å². The summed E-state index contributed by atoms with van der Waals surface area (Å²) in [5.74, 6) is -2.77. The normalized spacial score (nSPS) is 14.6. The van der Waals surface area contributed by atoms with Crippen LogP contribution in [-0.4, -0.2) is 36.8 Å². The second-order valence-corrected chi connectivity index (χ2v) is 8.00. The summed E-state index contributed by atoms with van der Waals surface area (Å²) in [7, 11) is -4.83. The molecule has 0 aromatic carbocycles. The van der Waals surface area contributed by atoms with Crippen molar-refractivity contribution in [1.29, 1.82) is 0 Å². The van der Waals surface area contributed by atoms with Crippen molar-refractivity contribution in [2.24, 2.45) is 11.3 Å². The van der Waals surface area contributed by atoms with Crippen LogP contribution in [0.3, 0.4) is 0 Å². The molecule has 0 heterocycles. The van der Waals surface area contributed by atoms with Crippen molar-refractivity contribution < 1.29 is 62.0 Å². The van der Waals surface area contributed by atoms with Gasteiger partial charge in [-0.25, -0.2) is 0 Å². The fourth-order valence-corrected chi connectivity index (χ4v) is 2.72. The third-order valence-electron chi connectivity index (χ3n) is 2.79. The molecule has 2 atom stereocenters. The van der Waals surface area contributed by atoms with Gasteiger partial charge >= 0.3 is 35.5 Å². The Morgan fingerprint density at radius 3 is 2.14 bits per heavy atom. The van der Waals surface area contributed by atoms with E-state index in [0.29, 0.717) is 6.42 Å². The molecule has 0 saturated carbocycles. The summed E-state index contributed by atoms with van der Waals surface area (Å²) in [6, 6.07) is 0. The molecule has 2 unspecified atom stereocenters. The van der Waals surface area contributed by atoms with Crippen LogP contribution in [0.4, 0.5) is 0 Å². The number of hydrogen-bond acceptors (Lipinski definition) is 6. The van der Waals surface area contributed by atoms with Crippen molar-refractivity contribution in [2.45, 2.75) is 52.2 Å². The smallest absolute Gasteiger partial charge is 0.550 e. The van der Waals surface area contributed by atoms with Gasteiger partial charge in [0.05, 0.1) is 6.61 Å². The monoisotopic (exact) mass is 346 g/mol. The fraction of sp³-hybridized carbons (Fsp3) is 0.846. The van der Waals surface area contributed by atoms with Crippen LogP contribution in [0.15, 0.2) is 0 Å². The fourth-order valence-electron chi connectivity index (χ4n) is 2.06. The summed E-state index contributed by atoms with van der Waals surface area (Å²) in [5.41, 5.74) is 0.120. The Labute approximate surface area is 153 Å². The molecule has 0 bridgehead atoms. The minimum atomic E-state index is -4.83. The second kappa shape index (κ2) is 9.87. The molecule has 22 heavy (non-hydrogen) atoms. The van der Waals surface area contributed by atoms with E-state index in [1.165, 1.54) is 0 Å². The Bertz CT molecular complexity index is 467. The van der Waals surface area contributed by atoms with Gasteiger partial charge in [0.25, 0.3) is 10.1 Å². The Kier molecular flexibility index (Phi) is 10.8. The van der Waals surface area contributed by atoms with Gasteiger partial charge in [-0.3, -0.25) is 9.35 Å². The van der Waals surface area contributed by atoms with E-state index in [2.05, 4.69) is 20.8 Å². The minimum Gasteiger partial charge on any atom is -0.550 e. The van der Waals surface area contributed by atoms with Crippen molar-refractivity contribution in [3.63, 3.8) is 0 Å². The van der Waals surface area contributed by atoms with Gasteiger partial charge in [0, 0.05) is 12.4 Å². The Hall–Kier alpha value is -0.150. The molecule has 9 heteroatoms. The van der Waals surface area contributed by atoms with Gasteiger partial charge in [0.2, 0.25) is 0 Å². The molecule has 0 aliphatic heterocycles. The number of rotatable bonds is 8. The van der Waals surface area contributed by atoms with Crippen LogP contribution in [-0.2, 0) is 24.4 Å². The molecule has 0 amide bonds. The first-order valence-corrected chi connectivity index (χ1v) is 8.16. The molecule has 0 aliphatic rings. The molecule has 0 saturated heterocycles. The minimum absolute atomic E-state index is 0. The third kappa shape index (κ3) is 11.4. The molecule has 0 rings (SSSR count). The van der Waals surface area contributed by atoms with Crippen LogP contribution in [0, 0.1) is 11.3 Å². The van der Waals surface area contributed by atoms with E-state index in [1.54, 1.807) is 0 Å². The van der Waals surface area contributed by atoms with Gasteiger partial charge < -0.3 is 14.6 Å². The molecular weight excluding hydrogens is 323 g/mol. The van der Waals surface area contributed by atoms with Gasteiger partial charge in [-0.05, 0) is 24.2 Å². The average Bonchev–Trinajstić information content (AvgIpc) is 2.21.